The van der Waals surface area contributed by atoms with Gasteiger partial charge in [0.2, 0.25) is 0 Å². The molecule has 0 N–H and O–H groups in total. The quantitative estimate of drug-likeness (QED) is 0.467. The molecule has 1 heteroatoms. The highest BCUT2D eigenvalue weighted by Gasteiger charge is 2.19. The third-order valence-electron chi connectivity index (χ3n) is 1.05. The topological polar surface area (TPSA) is 0 Å². The Morgan fingerprint density at radius 3 is 2.67 bits per heavy atom. The van der Waals surface area contributed by atoms with Gasteiger partial charge in [0.05, 0.1) is 0 Å². The Hall–Kier alpha value is 0.730. The number of halogens is 1. The van der Waals surface area contributed by atoms with E-state index in [9.17, 15) is 0 Å². The Balaban J connectivity index is 1.88. The molecule has 1 rings (SSSR count). The van der Waals surface area contributed by atoms with E-state index in [4.69, 9.17) is 0 Å². The molecule has 1 atom stereocenters. The van der Waals surface area contributed by atoms with Gasteiger partial charge in [-0.3, -0.25) is 0 Å². The van der Waals surface area contributed by atoms with Crippen molar-refractivity contribution in [2.24, 2.45) is 5.92 Å². The summed E-state index contributed by atoms with van der Waals surface area (Å²) in [4.78, 5) is 0. The van der Waals surface area contributed by atoms with Crippen LogP contribution in [0.15, 0.2) is 0 Å². The van der Waals surface area contributed by atoms with Gasteiger partial charge in [-0.1, -0.05) is 22.6 Å². The molecule has 1 aliphatic rings. The predicted molar refractivity (Wildman–Crippen MR) is 35.9 cm³/mol. The first-order chi connectivity index (χ1) is 2.93. The minimum atomic E-state index is 1.02. The molecule has 6 heavy (non-hydrogen) atoms. The number of alkyl halides is 1. The summed E-state index contributed by atoms with van der Waals surface area (Å²) >= 11 is 2.42. The summed E-state index contributed by atoms with van der Waals surface area (Å²) in [6.45, 7) is 0. The molecule has 1 radical (unpaired) electrons. The molecule has 0 nitrogen and oxygen atoms in total. The molecular weight excluding hydrogens is 187 g/mol. The van der Waals surface area contributed by atoms with Crippen molar-refractivity contribution < 1.29 is 0 Å². The van der Waals surface area contributed by atoms with Crippen molar-refractivity contribution in [3.63, 3.8) is 0 Å². The van der Waals surface area contributed by atoms with Crippen LogP contribution in [0.5, 0.6) is 0 Å². The van der Waals surface area contributed by atoms with Crippen molar-refractivity contribution in [2.75, 3.05) is 4.43 Å². The maximum absolute atomic E-state index is 2.42. The lowest BCUT2D eigenvalue weighted by atomic mass is 10.3. The molecule has 35 valence electrons. The molecule has 1 fully saturated rings. The van der Waals surface area contributed by atoms with E-state index in [1.54, 1.807) is 0 Å². The van der Waals surface area contributed by atoms with Gasteiger partial charge in [-0.25, -0.2) is 0 Å². The van der Waals surface area contributed by atoms with Crippen molar-refractivity contribution in [1.82, 2.24) is 0 Å². The zero-order valence-electron chi connectivity index (χ0n) is 3.65. The average Bonchev–Trinajstić information content (AvgIpc) is 2.21. The molecule has 0 heterocycles. The smallest absolute Gasteiger partial charge is 0.000199 e. The SMILES string of the molecule is ICCC1[CH]C1. The van der Waals surface area contributed by atoms with Crippen LogP contribution in [0.1, 0.15) is 12.8 Å². The highest BCUT2D eigenvalue weighted by Crippen LogP contribution is 2.31. The molecule has 1 aliphatic carbocycles. The number of hydrogen-bond acceptors (Lipinski definition) is 0. The van der Waals surface area contributed by atoms with Crippen LogP contribution in [-0.4, -0.2) is 4.43 Å². The van der Waals surface area contributed by atoms with Crippen molar-refractivity contribution in [1.29, 1.82) is 0 Å². The summed E-state index contributed by atoms with van der Waals surface area (Å²) in [7, 11) is 0. The maximum Gasteiger partial charge on any atom is -0.000199 e. The highest BCUT2D eigenvalue weighted by atomic mass is 127. The molecule has 0 spiro atoms. The van der Waals surface area contributed by atoms with Crippen LogP contribution in [0.2, 0.25) is 0 Å². The van der Waals surface area contributed by atoms with Gasteiger partial charge < -0.3 is 0 Å². The van der Waals surface area contributed by atoms with Gasteiger partial charge in [-0.15, -0.1) is 0 Å². The maximum atomic E-state index is 2.42. The van der Waals surface area contributed by atoms with Gasteiger partial charge in [0.15, 0.2) is 0 Å². The van der Waals surface area contributed by atoms with Crippen LogP contribution in [0.4, 0.5) is 0 Å². The Bertz CT molecular complexity index is 39.2. The molecule has 1 saturated carbocycles. The Labute approximate surface area is 52.5 Å². The summed E-state index contributed by atoms with van der Waals surface area (Å²) in [5.74, 6) is 1.02. The zero-order valence-corrected chi connectivity index (χ0v) is 5.81. The summed E-state index contributed by atoms with van der Waals surface area (Å²) in [5.41, 5.74) is 0. The second kappa shape index (κ2) is 2.15. The first-order valence-electron chi connectivity index (χ1n) is 2.33. The summed E-state index contributed by atoms with van der Waals surface area (Å²) in [6.07, 6.45) is 5.18. The van der Waals surface area contributed by atoms with E-state index in [0.717, 1.165) is 5.92 Å². The Morgan fingerprint density at radius 1 is 1.83 bits per heavy atom. The number of rotatable bonds is 2. The summed E-state index contributed by atoms with van der Waals surface area (Å²) < 4.78 is 1.33. The fourth-order valence-corrected chi connectivity index (χ4v) is 1.27. The van der Waals surface area contributed by atoms with E-state index in [1.807, 2.05) is 0 Å². The third-order valence-corrected chi connectivity index (χ3v) is 1.67. The molecule has 0 aromatic heterocycles. The van der Waals surface area contributed by atoms with E-state index in [2.05, 4.69) is 29.0 Å². The van der Waals surface area contributed by atoms with Gasteiger partial charge in [-0.05, 0) is 29.6 Å². The second-order valence-corrected chi connectivity index (χ2v) is 2.79. The van der Waals surface area contributed by atoms with E-state index in [-0.39, 0.29) is 0 Å². The third kappa shape index (κ3) is 1.45. The molecule has 1 unspecified atom stereocenters. The van der Waals surface area contributed by atoms with Crippen molar-refractivity contribution in [2.45, 2.75) is 12.8 Å². The fraction of sp³-hybridized carbons (Fsp3) is 0.800. The van der Waals surface area contributed by atoms with E-state index >= 15 is 0 Å². The normalized spacial score (nSPS) is 21.5. The lowest BCUT2D eigenvalue weighted by Gasteiger charge is -1.81. The highest BCUT2D eigenvalue weighted by molar-refractivity contribution is 14.1. The molecule has 0 bridgehead atoms. The summed E-state index contributed by atoms with van der Waals surface area (Å²) in [5, 5.41) is 0. The van der Waals surface area contributed by atoms with Crippen LogP contribution in [0.25, 0.3) is 0 Å². The standard InChI is InChI=1S/C5H8I/c6-4-3-5-1-2-5/h1,5H,2-4H2. The van der Waals surface area contributed by atoms with Crippen molar-refractivity contribution in [3.05, 3.63) is 6.42 Å². The van der Waals surface area contributed by atoms with Crippen molar-refractivity contribution >= 4 is 22.6 Å². The predicted octanol–water partition coefficient (Wildman–Crippen LogP) is 2.04. The second-order valence-electron chi connectivity index (χ2n) is 1.71. The van der Waals surface area contributed by atoms with Crippen LogP contribution in [0, 0.1) is 12.3 Å². The van der Waals surface area contributed by atoms with Gasteiger partial charge >= 0.3 is 0 Å². The first kappa shape index (κ1) is 4.88. The lowest BCUT2D eigenvalue weighted by Crippen LogP contribution is -1.72. The van der Waals surface area contributed by atoms with Crippen LogP contribution in [0.3, 0.4) is 0 Å². The van der Waals surface area contributed by atoms with E-state index < -0.39 is 0 Å². The Kier molecular flexibility index (Phi) is 1.74. The van der Waals surface area contributed by atoms with Crippen molar-refractivity contribution in [3.8, 4) is 0 Å². The van der Waals surface area contributed by atoms with Crippen LogP contribution < -0.4 is 0 Å². The minimum absolute atomic E-state index is 1.02. The van der Waals surface area contributed by atoms with Gasteiger partial charge in [0.1, 0.15) is 0 Å². The van der Waals surface area contributed by atoms with E-state index in [1.165, 1.54) is 17.3 Å². The molecule has 0 amide bonds. The molecule has 0 saturated heterocycles. The van der Waals surface area contributed by atoms with Gasteiger partial charge in [0.25, 0.3) is 0 Å². The summed E-state index contributed by atoms with van der Waals surface area (Å²) in [6, 6.07) is 0. The molecule has 0 aromatic rings. The molecule has 0 aromatic carbocycles. The van der Waals surface area contributed by atoms with Gasteiger partial charge in [-0.2, -0.15) is 0 Å². The Morgan fingerprint density at radius 2 is 2.50 bits per heavy atom. The lowest BCUT2D eigenvalue weighted by molar-refractivity contribution is 0.845. The van der Waals surface area contributed by atoms with Crippen LogP contribution >= 0.6 is 22.6 Å². The minimum Gasteiger partial charge on any atom is -0.0864 e. The van der Waals surface area contributed by atoms with Crippen LogP contribution in [-0.2, 0) is 0 Å². The monoisotopic (exact) mass is 195 g/mol. The molecular formula is C5H8I. The van der Waals surface area contributed by atoms with Gasteiger partial charge in [0, 0.05) is 0 Å². The van der Waals surface area contributed by atoms with E-state index in [0.29, 0.717) is 0 Å². The fourth-order valence-electron chi connectivity index (χ4n) is 0.472. The largest absolute Gasteiger partial charge is 0.0864 e. The zero-order chi connectivity index (χ0) is 4.41. The first-order valence-corrected chi connectivity index (χ1v) is 3.85. The molecule has 0 aliphatic heterocycles. The number of hydrogen-bond donors (Lipinski definition) is 0. The average molecular weight is 195 g/mol.